The Balaban J connectivity index is 3.23. The van der Waals surface area contributed by atoms with E-state index in [-0.39, 0.29) is 5.82 Å². The summed E-state index contributed by atoms with van der Waals surface area (Å²) in [6, 6.07) is 1.89. The van der Waals surface area contributed by atoms with Crippen LogP contribution in [0, 0.1) is 12.7 Å². The van der Waals surface area contributed by atoms with Crippen LogP contribution in [0.25, 0.3) is 0 Å². The molecule has 0 unspecified atom stereocenters. The van der Waals surface area contributed by atoms with E-state index in [4.69, 9.17) is 0 Å². The molecule has 0 aliphatic rings. The third-order valence-electron chi connectivity index (χ3n) is 1.80. The van der Waals surface area contributed by atoms with Crippen molar-refractivity contribution in [3.63, 3.8) is 0 Å². The number of hydrogen-bond acceptors (Lipinski definition) is 1. The Kier molecular flexibility index (Phi) is 2.76. The van der Waals surface area contributed by atoms with Gasteiger partial charge in [-0.2, -0.15) is 0 Å². The van der Waals surface area contributed by atoms with Crippen LogP contribution in [-0.2, 0) is 0 Å². The van der Waals surface area contributed by atoms with Crippen LogP contribution in [0.3, 0.4) is 0 Å². The van der Waals surface area contributed by atoms with Gasteiger partial charge in [-0.3, -0.25) is 0 Å². The molecule has 12 heavy (non-hydrogen) atoms. The molecular weight excluding hydrogens is 260 g/mol. The average molecular weight is 274 g/mol. The Bertz CT molecular complexity index is 291. The molecule has 1 aromatic rings. The number of halogens is 1. The fourth-order valence-corrected chi connectivity index (χ4v) is 5.18. The van der Waals surface area contributed by atoms with E-state index in [2.05, 4.69) is 19.8 Å². The van der Waals surface area contributed by atoms with Crippen LogP contribution in [0.1, 0.15) is 5.69 Å². The number of aromatic nitrogens is 1. The van der Waals surface area contributed by atoms with E-state index in [0.29, 0.717) is 0 Å². The Morgan fingerprint density at radius 3 is 2.33 bits per heavy atom. The molecule has 0 aliphatic heterocycles. The van der Waals surface area contributed by atoms with E-state index < -0.39 is 18.4 Å². The maximum atomic E-state index is 13.3. The molecule has 3 heteroatoms. The quantitative estimate of drug-likeness (QED) is 0.714. The van der Waals surface area contributed by atoms with Gasteiger partial charge in [0.25, 0.3) is 0 Å². The van der Waals surface area contributed by atoms with E-state index in [1.807, 2.05) is 13.0 Å². The zero-order valence-electron chi connectivity index (χ0n) is 7.98. The van der Waals surface area contributed by atoms with Crippen molar-refractivity contribution in [2.24, 2.45) is 0 Å². The van der Waals surface area contributed by atoms with Gasteiger partial charge >= 0.3 is 76.8 Å². The molecule has 0 fully saturated rings. The summed E-state index contributed by atoms with van der Waals surface area (Å²) in [7, 11) is 0. The van der Waals surface area contributed by atoms with E-state index >= 15 is 0 Å². The first kappa shape index (κ1) is 9.96. The first-order chi connectivity index (χ1) is 5.41. The summed E-state index contributed by atoms with van der Waals surface area (Å²) in [5.41, 5.74) is 0.915. The molecule has 0 spiro atoms. The summed E-state index contributed by atoms with van der Waals surface area (Å²) in [6.07, 6.45) is 1.34. The number of hydrogen-bond donors (Lipinski definition) is 0. The predicted octanol–water partition coefficient (Wildman–Crippen LogP) is 2.07. The van der Waals surface area contributed by atoms with Gasteiger partial charge in [0.05, 0.1) is 0 Å². The minimum atomic E-state index is -2.23. The second-order valence-electron chi connectivity index (χ2n) is 4.06. The molecule has 0 saturated carbocycles. The fraction of sp³-hybridized carbons (Fsp3) is 0.444. The summed E-state index contributed by atoms with van der Waals surface area (Å²) in [6.45, 7) is 1.90. The maximum absolute atomic E-state index is 13.3. The van der Waals surface area contributed by atoms with Gasteiger partial charge in [-0.05, 0) is 0 Å². The van der Waals surface area contributed by atoms with E-state index in [0.717, 1.165) is 9.27 Å². The fourth-order valence-electron chi connectivity index (χ4n) is 1.12. The molecule has 1 rings (SSSR count). The van der Waals surface area contributed by atoms with Crippen molar-refractivity contribution in [1.82, 2.24) is 4.98 Å². The Labute approximate surface area is 76.9 Å². The van der Waals surface area contributed by atoms with Crippen molar-refractivity contribution in [1.29, 1.82) is 0 Å². The number of aryl methyl sites for hydroxylation is 1. The molecule has 1 heterocycles. The zero-order chi connectivity index (χ0) is 9.35. The van der Waals surface area contributed by atoms with Gasteiger partial charge < -0.3 is 0 Å². The Morgan fingerprint density at radius 2 is 1.92 bits per heavy atom. The van der Waals surface area contributed by atoms with Crippen LogP contribution in [0.2, 0.25) is 14.8 Å². The minimum absolute atomic E-state index is 0.121. The van der Waals surface area contributed by atoms with Gasteiger partial charge in [0.2, 0.25) is 0 Å². The molecule has 0 atom stereocenters. The number of nitrogens with zero attached hydrogens (tertiary/aromatic N) is 1. The van der Waals surface area contributed by atoms with E-state index in [1.165, 1.54) is 6.20 Å². The molecule has 0 amide bonds. The summed E-state index contributed by atoms with van der Waals surface area (Å²) in [4.78, 5) is 10.5. The standard InChI is InChI=1S/C6H5FN.3CH3.Sn/c1-5-2-3-6(7)4-8-5;;;;/h2,4H,1H3;3*1H3;. The van der Waals surface area contributed by atoms with Crippen molar-refractivity contribution in [2.75, 3.05) is 0 Å². The second-order valence-corrected chi connectivity index (χ2v) is 18.4. The van der Waals surface area contributed by atoms with Crippen molar-refractivity contribution in [3.8, 4) is 0 Å². The molecule has 0 bridgehead atoms. The van der Waals surface area contributed by atoms with Crippen LogP contribution in [0.5, 0.6) is 0 Å². The first-order valence-electron chi connectivity index (χ1n) is 4.04. The molecule has 0 saturated heterocycles. The SMILES string of the molecule is Cc1c[c]([Sn]([CH3])([CH3])[CH3])c(F)cn1. The van der Waals surface area contributed by atoms with Gasteiger partial charge in [-0.25, -0.2) is 0 Å². The second kappa shape index (κ2) is 3.32. The van der Waals surface area contributed by atoms with Crippen LogP contribution in [0.4, 0.5) is 4.39 Å². The molecule has 0 aliphatic carbocycles. The van der Waals surface area contributed by atoms with Crippen LogP contribution < -0.4 is 3.58 Å². The van der Waals surface area contributed by atoms with Gasteiger partial charge in [-0.1, -0.05) is 0 Å². The van der Waals surface area contributed by atoms with Crippen LogP contribution in [0.15, 0.2) is 12.3 Å². The van der Waals surface area contributed by atoms with Crippen molar-refractivity contribution in [3.05, 3.63) is 23.8 Å². The summed E-state index contributed by atoms with van der Waals surface area (Å²) in [5, 5.41) is 0. The topological polar surface area (TPSA) is 12.9 Å². The Morgan fingerprint density at radius 1 is 1.33 bits per heavy atom. The third-order valence-corrected chi connectivity index (χ3v) is 7.51. The molecule has 0 radical (unpaired) electrons. The van der Waals surface area contributed by atoms with Crippen molar-refractivity contribution < 1.29 is 4.39 Å². The first-order valence-corrected chi connectivity index (χ1v) is 14.0. The third kappa shape index (κ3) is 2.19. The van der Waals surface area contributed by atoms with Gasteiger partial charge in [0.15, 0.2) is 0 Å². The monoisotopic (exact) mass is 275 g/mol. The summed E-state index contributed by atoms with van der Waals surface area (Å²) >= 11 is -2.23. The van der Waals surface area contributed by atoms with E-state index in [9.17, 15) is 4.39 Å². The molecule has 0 aromatic carbocycles. The van der Waals surface area contributed by atoms with Gasteiger partial charge in [-0.15, -0.1) is 0 Å². The van der Waals surface area contributed by atoms with E-state index in [1.54, 1.807) is 0 Å². The normalized spacial score (nSPS) is 11.8. The van der Waals surface area contributed by atoms with Crippen molar-refractivity contribution in [2.45, 2.75) is 21.7 Å². The van der Waals surface area contributed by atoms with Gasteiger partial charge in [0.1, 0.15) is 0 Å². The van der Waals surface area contributed by atoms with Crippen LogP contribution >= 0.6 is 0 Å². The summed E-state index contributed by atoms with van der Waals surface area (Å²) in [5.74, 6) is -0.121. The molecule has 1 aromatic heterocycles. The molecule has 66 valence electrons. The van der Waals surface area contributed by atoms with Gasteiger partial charge in [0, 0.05) is 0 Å². The molecule has 1 nitrogen and oxygen atoms in total. The molecular formula is C9H14FNSn. The number of pyridine rings is 1. The summed E-state index contributed by atoms with van der Waals surface area (Å²) < 4.78 is 14.2. The Hall–Kier alpha value is -0.121. The average Bonchev–Trinajstić information content (AvgIpc) is 1.92. The molecule has 0 N–H and O–H groups in total. The van der Waals surface area contributed by atoms with Crippen molar-refractivity contribution >= 4 is 22.0 Å². The predicted molar refractivity (Wildman–Crippen MR) is 51.9 cm³/mol. The number of rotatable bonds is 1. The van der Waals surface area contributed by atoms with Crippen LogP contribution in [-0.4, -0.2) is 23.4 Å². The zero-order valence-corrected chi connectivity index (χ0v) is 10.8.